The van der Waals surface area contributed by atoms with Crippen molar-refractivity contribution in [3.63, 3.8) is 0 Å². The van der Waals surface area contributed by atoms with Crippen LogP contribution in [0.1, 0.15) is 13.3 Å². The third-order valence-corrected chi connectivity index (χ3v) is 4.24. The zero-order valence-electron chi connectivity index (χ0n) is 12.3. The number of hydrogen-bond acceptors (Lipinski definition) is 4. The lowest BCUT2D eigenvalue weighted by atomic mass is 10.1. The Bertz CT molecular complexity index is 291. The largest absolute Gasteiger partial charge is 0.356 e. The fourth-order valence-corrected chi connectivity index (χ4v) is 2.98. The summed E-state index contributed by atoms with van der Waals surface area (Å²) in [4.78, 5) is 16.8. The van der Waals surface area contributed by atoms with Crippen molar-refractivity contribution in [3.05, 3.63) is 0 Å². The van der Waals surface area contributed by atoms with Crippen LogP contribution in [0.4, 0.5) is 0 Å². The SMILES string of the molecule is CC(CN1CCNCC1)C(=O)NCC1CCN(C)C1. The summed E-state index contributed by atoms with van der Waals surface area (Å²) in [6.07, 6.45) is 1.21. The Morgan fingerprint density at radius 1 is 1.37 bits per heavy atom. The Balaban J connectivity index is 1.64. The number of piperazine rings is 1. The molecule has 2 N–H and O–H groups in total. The smallest absolute Gasteiger partial charge is 0.224 e. The van der Waals surface area contributed by atoms with Crippen LogP contribution in [-0.2, 0) is 4.79 Å². The Labute approximate surface area is 116 Å². The van der Waals surface area contributed by atoms with Crippen LogP contribution in [0.25, 0.3) is 0 Å². The molecule has 2 atom stereocenters. The van der Waals surface area contributed by atoms with Crippen LogP contribution in [0, 0.1) is 11.8 Å². The molecule has 0 aromatic carbocycles. The van der Waals surface area contributed by atoms with Gasteiger partial charge in [-0.1, -0.05) is 6.92 Å². The molecular weight excluding hydrogens is 240 g/mol. The predicted molar refractivity (Wildman–Crippen MR) is 77.1 cm³/mol. The Kier molecular flexibility index (Phi) is 5.60. The van der Waals surface area contributed by atoms with E-state index in [-0.39, 0.29) is 11.8 Å². The van der Waals surface area contributed by atoms with Gasteiger partial charge in [-0.05, 0) is 25.9 Å². The van der Waals surface area contributed by atoms with Crippen LogP contribution in [0.5, 0.6) is 0 Å². The highest BCUT2D eigenvalue weighted by Gasteiger charge is 2.22. The fraction of sp³-hybridized carbons (Fsp3) is 0.929. The molecule has 1 amide bonds. The van der Waals surface area contributed by atoms with Gasteiger partial charge in [-0.15, -0.1) is 0 Å². The molecule has 2 aliphatic rings. The molecule has 0 radical (unpaired) electrons. The van der Waals surface area contributed by atoms with Gasteiger partial charge in [0, 0.05) is 51.7 Å². The fourth-order valence-electron chi connectivity index (χ4n) is 2.98. The number of nitrogens with one attached hydrogen (secondary N) is 2. The highest BCUT2D eigenvalue weighted by molar-refractivity contribution is 5.78. The number of hydrogen-bond donors (Lipinski definition) is 2. The highest BCUT2D eigenvalue weighted by atomic mass is 16.1. The van der Waals surface area contributed by atoms with Crippen LogP contribution in [0.2, 0.25) is 0 Å². The van der Waals surface area contributed by atoms with Gasteiger partial charge in [-0.25, -0.2) is 0 Å². The summed E-state index contributed by atoms with van der Waals surface area (Å²) in [5, 5.41) is 6.46. The van der Waals surface area contributed by atoms with E-state index in [1.54, 1.807) is 0 Å². The van der Waals surface area contributed by atoms with Crippen molar-refractivity contribution in [3.8, 4) is 0 Å². The van der Waals surface area contributed by atoms with Gasteiger partial charge in [0.1, 0.15) is 0 Å². The molecule has 5 nitrogen and oxygen atoms in total. The molecule has 0 aliphatic carbocycles. The minimum atomic E-state index is 0.0947. The van der Waals surface area contributed by atoms with Crippen molar-refractivity contribution in [1.82, 2.24) is 20.4 Å². The minimum absolute atomic E-state index is 0.0947. The molecule has 0 spiro atoms. The average molecular weight is 268 g/mol. The van der Waals surface area contributed by atoms with Crippen LogP contribution < -0.4 is 10.6 Å². The van der Waals surface area contributed by atoms with Crippen LogP contribution in [0.3, 0.4) is 0 Å². The Morgan fingerprint density at radius 3 is 2.74 bits per heavy atom. The first-order valence-corrected chi connectivity index (χ1v) is 7.54. The van der Waals surface area contributed by atoms with E-state index >= 15 is 0 Å². The van der Waals surface area contributed by atoms with Crippen molar-refractivity contribution >= 4 is 5.91 Å². The predicted octanol–water partition coefficient (Wildman–Crippen LogP) is -0.404. The number of nitrogens with zero attached hydrogens (tertiary/aromatic N) is 2. The summed E-state index contributed by atoms with van der Waals surface area (Å²) < 4.78 is 0. The Hall–Kier alpha value is -0.650. The summed E-state index contributed by atoms with van der Waals surface area (Å²) in [6.45, 7) is 10.3. The molecule has 0 saturated carbocycles. The van der Waals surface area contributed by atoms with Gasteiger partial charge < -0.3 is 20.4 Å². The molecule has 19 heavy (non-hydrogen) atoms. The molecule has 0 aromatic heterocycles. The van der Waals surface area contributed by atoms with E-state index < -0.39 is 0 Å². The molecular formula is C14H28N4O. The lowest BCUT2D eigenvalue weighted by molar-refractivity contribution is -0.125. The standard InChI is InChI=1S/C14H28N4O/c1-12(10-18-7-4-15-5-8-18)14(19)16-9-13-3-6-17(2)11-13/h12-13,15H,3-11H2,1-2H3,(H,16,19). The molecule has 0 bridgehead atoms. The van der Waals surface area contributed by atoms with E-state index in [0.717, 1.165) is 52.4 Å². The van der Waals surface area contributed by atoms with Gasteiger partial charge in [0.05, 0.1) is 0 Å². The first-order chi connectivity index (χ1) is 9.15. The summed E-state index contributed by atoms with van der Waals surface area (Å²) in [5.41, 5.74) is 0. The quantitative estimate of drug-likeness (QED) is 0.712. The van der Waals surface area contributed by atoms with Crippen molar-refractivity contribution in [1.29, 1.82) is 0 Å². The van der Waals surface area contributed by atoms with E-state index in [1.165, 1.54) is 6.42 Å². The molecule has 110 valence electrons. The normalized spacial score (nSPS) is 27.4. The topological polar surface area (TPSA) is 47.6 Å². The van der Waals surface area contributed by atoms with E-state index in [1.807, 2.05) is 6.92 Å². The maximum absolute atomic E-state index is 12.1. The van der Waals surface area contributed by atoms with Crippen molar-refractivity contribution in [2.24, 2.45) is 11.8 Å². The second-order valence-electron chi connectivity index (χ2n) is 6.11. The maximum atomic E-state index is 12.1. The number of amides is 1. The van der Waals surface area contributed by atoms with Crippen molar-refractivity contribution < 1.29 is 4.79 Å². The number of likely N-dealkylation sites (tertiary alicyclic amines) is 1. The summed E-state index contributed by atoms with van der Waals surface area (Å²) >= 11 is 0. The van der Waals surface area contributed by atoms with Gasteiger partial charge in [0.15, 0.2) is 0 Å². The number of carbonyl (C=O) groups excluding carboxylic acids is 1. The summed E-state index contributed by atoms with van der Waals surface area (Å²) in [5.74, 6) is 0.950. The highest BCUT2D eigenvalue weighted by Crippen LogP contribution is 2.13. The number of carbonyl (C=O) groups is 1. The lowest BCUT2D eigenvalue weighted by Crippen LogP contribution is -2.47. The second-order valence-corrected chi connectivity index (χ2v) is 6.11. The molecule has 0 aromatic rings. The molecule has 2 rings (SSSR count). The second kappa shape index (κ2) is 7.22. The monoisotopic (exact) mass is 268 g/mol. The average Bonchev–Trinajstić information content (AvgIpc) is 2.83. The van der Waals surface area contributed by atoms with E-state index in [0.29, 0.717) is 5.92 Å². The van der Waals surface area contributed by atoms with E-state index in [4.69, 9.17) is 0 Å². The maximum Gasteiger partial charge on any atom is 0.224 e. The van der Waals surface area contributed by atoms with Crippen LogP contribution in [-0.4, -0.2) is 75.1 Å². The van der Waals surface area contributed by atoms with Crippen molar-refractivity contribution in [2.45, 2.75) is 13.3 Å². The molecule has 2 aliphatic heterocycles. The zero-order valence-corrected chi connectivity index (χ0v) is 12.3. The first-order valence-electron chi connectivity index (χ1n) is 7.54. The lowest BCUT2D eigenvalue weighted by Gasteiger charge is -2.29. The van der Waals surface area contributed by atoms with Crippen LogP contribution in [0.15, 0.2) is 0 Å². The van der Waals surface area contributed by atoms with Crippen molar-refractivity contribution in [2.75, 3.05) is 59.4 Å². The Morgan fingerprint density at radius 2 is 2.11 bits per heavy atom. The number of rotatable bonds is 5. The summed E-state index contributed by atoms with van der Waals surface area (Å²) in [7, 11) is 2.15. The summed E-state index contributed by atoms with van der Waals surface area (Å²) in [6, 6.07) is 0. The third-order valence-electron chi connectivity index (χ3n) is 4.24. The van der Waals surface area contributed by atoms with E-state index in [2.05, 4.69) is 27.5 Å². The molecule has 2 saturated heterocycles. The van der Waals surface area contributed by atoms with E-state index in [9.17, 15) is 4.79 Å². The molecule has 2 fully saturated rings. The third kappa shape index (κ3) is 4.75. The zero-order chi connectivity index (χ0) is 13.7. The van der Waals surface area contributed by atoms with Gasteiger partial charge in [0.25, 0.3) is 0 Å². The van der Waals surface area contributed by atoms with Gasteiger partial charge in [-0.3, -0.25) is 4.79 Å². The van der Waals surface area contributed by atoms with Gasteiger partial charge in [0.2, 0.25) is 5.91 Å². The first kappa shape index (κ1) is 14.8. The molecule has 2 unspecified atom stereocenters. The minimum Gasteiger partial charge on any atom is -0.356 e. The molecule has 5 heteroatoms. The molecule has 2 heterocycles. The van der Waals surface area contributed by atoms with Crippen LogP contribution >= 0.6 is 0 Å². The van der Waals surface area contributed by atoms with Gasteiger partial charge >= 0.3 is 0 Å². The van der Waals surface area contributed by atoms with Gasteiger partial charge in [-0.2, -0.15) is 0 Å².